The molecule has 1 N–H and O–H groups in total. The highest BCUT2D eigenvalue weighted by molar-refractivity contribution is 5.26. The molecule has 1 aliphatic carbocycles. The summed E-state index contributed by atoms with van der Waals surface area (Å²) in [6, 6.07) is 0. The number of hydrogen-bond acceptors (Lipinski definition) is 2. The summed E-state index contributed by atoms with van der Waals surface area (Å²) in [5.74, 6) is 0.387. The van der Waals surface area contributed by atoms with Crippen molar-refractivity contribution in [2.75, 3.05) is 6.61 Å². The van der Waals surface area contributed by atoms with Crippen molar-refractivity contribution in [1.29, 1.82) is 0 Å². The Morgan fingerprint density at radius 2 is 2.42 bits per heavy atom. The molecule has 1 atom stereocenters. The molecule has 0 aromatic heterocycles. The maximum Gasteiger partial charge on any atom is 0.0882 e. The van der Waals surface area contributed by atoms with Gasteiger partial charge in [-0.3, -0.25) is 5.26 Å². The highest BCUT2D eigenvalue weighted by Gasteiger charge is 2.11. The van der Waals surface area contributed by atoms with Crippen LogP contribution in [0.5, 0.6) is 0 Å². The molecule has 0 aliphatic heterocycles. The Morgan fingerprint density at radius 3 is 2.83 bits per heavy atom. The van der Waals surface area contributed by atoms with E-state index in [1.54, 1.807) is 0 Å². The van der Waals surface area contributed by atoms with Crippen LogP contribution in [0, 0.1) is 5.92 Å². The van der Waals surface area contributed by atoms with E-state index in [1.165, 1.54) is 11.1 Å². The lowest BCUT2D eigenvalue weighted by atomic mass is 9.91. The van der Waals surface area contributed by atoms with Crippen LogP contribution in [0.25, 0.3) is 0 Å². The Hall–Kier alpha value is -0.600. The monoisotopic (exact) mass is 168 g/mol. The molecule has 0 aromatic rings. The first-order valence-corrected chi connectivity index (χ1v) is 4.35. The summed E-state index contributed by atoms with van der Waals surface area (Å²) in [4.78, 5) is 4.11. The van der Waals surface area contributed by atoms with Crippen LogP contribution in [0.3, 0.4) is 0 Å². The zero-order chi connectivity index (χ0) is 8.97. The normalized spacial score (nSPS) is 22.9. The lowest BCUT2D eigenvalue weighted by molar-refractivity contribution is -0.248. The van der Waals surface area contributed by atoms with Crippen molar-refractivity contribution in [2.45, 2.75) is 26.7 Å². The first kappa shape index (κ1) is 9.49. The van der Waals surface area contributed by atoms with Crippen molar-refractivity contribution < 1.29 is 10.1 Å². The van der Waals surface area contributed by atoms with Gasteiger partial charge < -0.3 is 0 Å². The fraction of sp³-hybridized carbons (Fsp3) is 0.600. The fourth-order valence-corrected chi connectivity index (χ4v) is 1.42. The van der Waals surface area contributed by atoms with Crippen molar-refractivity contribution in [3.63, 3.8) is 0 Å². The van der Waals surface area contributed by atoms with Crippen molar-refractivity contribution in [1.82, 2.24) is 0 Å². The molecule has 2 heteroatoms. The Labute approximate surface area is 73.5 Å². The van der Waals surface area contributed by atoms with E-state index < -0.39 is 0 Å². The summed E-state index contributed by atoms with van der Waals surface area (Å²) in [5, 5.41) is 8.25. The van der Waals surface area contributed by atoms with Gasteiger partial charge >= 0.3 is 0 Å². The van der Waals surface area contributed by atoms with Gasteiger partial charge in [-0.2, -0.15) is 0 Å². The first-order valence-electron chi connectivity index (χ1n) is 4.35. The molecule has 68 valence electrons. The van der Waals surface area contributed by atoms with Crippen molar-refractivity contribution in [3.8, 4) is 0 Å². The smallest absolute Gasteiger partial charge is 0.0882 e. The fourth-order valence-electron chi connectivity index (χ4n) is 1.42. The second-order valence-corrected chi connectivity index (χ2v) is 3.48. The van der Waals surface area contributed by atoms with Crippen LogP contribution in [0.4, 0.5) is 0 Å². The summed E-state index contributed by atoms with van der Waals surface area (Å²) < 4.78 is 0. The molecule has 0 amide bonds. The quantitative estimate of drug-likeness (QED) is 0.507. The van der Waals surface area contributed by atoms with Gasteiger partial charge in [0.2, 0.25) is 0 Å². The third-order valence-electron chi connectivity index (χ3n) is 2.28. The average Bonchev–Trinajstić information content (AvgIpc) is 2.06. The van der Waals surface area contributed by atoms with Crippen LogP contribution < -0.4 is 0 Å². The zero-order valence-electron chi connectivity index (χ0n) is 7.71. The first-order chi connectivity index (χ1) is 5.74. The van der Waals surface area contributed by atoms with Crippen LogP contribution in [0.1, 0.15) is 26.7 Å². The van der Waals surface area contributed by atoms with Gasteiger partial charge in [-0.1, -0.05) is 17.7 Å². The van der Waals surface area contributed by atoms with Crippen molar-refractivity contribution >= 4 is 0 Å². The minimum Gasteiger partial charge on any atom is -0.252 e. The topological polar surface area (TPSA) is 29.5 Å². The van der Waals surface area contributed by atoms with E-state index in [4.69, 9.17) is 5.26 Å². The molecule has 0 aromatic carbocycles. The van der Waals surface area contributed by atoms with Crippen molar-refractivity contribution in [3.05, 3.63) is 23.3 Å². The van der Waals surface area contributed by atoms with E-state index in [1.807, 2.05) is 0 Å². The van der Waals surface area contributed by atoms with E-state index in [2.05, 4.69) is 30.9 Å². The molecule has 0 saturated heterocycles. The second-order valence-electron chi connectivity index (χ2n) is 3.48. The maximum atomic E-state index is 8.25. The Balaban J connectivity index is 2.53. The van der Waals surface area contributed by atoms with Crippen LogP contribution in [-0.2, 0) is 4.89 Å². The summed E-state index contributed by atoms with van der Waals surface area (Å²) in [6.07, 6.45) is 6.44. The van der Waals surface area contributed by atoms with Gasteiger partial charge in [0, 0.05) is 5.92 Å². The molecule has 0 fully saturated rings. The third kappa shape index (κ3) is 2.47. The van der Waals surface area contributed by atoms with Gasteiger partial charge in [-0.25, -0.2) is 4.89 Å². The molecule has 0 bridgehead atoms. The molecule has 0 radical (unpaired) electrons. The van der Waals surface area contributed by atoms with Crippen LogP contribution in [-0.4, -0.2) is 11.9 Å². The predicted octanol–water partition coefficient (Wildman–Crippen LogP) is 2.78. The second kappa shape index (κ2) is 4.43. The molecule has 2 nitrogen and oxygen atoms in total. The number of rotatable bonds is 2. The molecule has 1 unspecified atom stereocenters. The lowest BCUT2D eigenvalue weighted by Crippen LogP contribution is -2.09. The molecule has 12 heavy (non-hydrogen) atoms. The van der Waals surface area contributed by atoms with Crippen LogP contribution in [0.2, 0.25) is 0 Å². The van der Waals surface area contributed by atoms with Crippen LogP contribution >= 0.6 is 0 Å². The summed E-state index contributed by atoms with van der Waals surface area (Å²) in [5.41, 5.74) is 2.80. The molecule has 0 heterocycles. The number of allylic oxidation sites excluding steroid dienone is 3. The van der Waals surface area contributed by atoms with Gasteiger partial charge in [0.25, 0.3) is 0 Å². The Bertz CT molecular complexity index is 200. The Morgan fingerprint density at radius 1 is 1.67 bits per heavy atom. The van der Waals surface area contributed by atoms with E-state index in [9.17, 15) is 0 Å². The minimum absolute atomic E-state index is 0.387. The zero-order valence-corrected chi connectivity index (χ0v) is 7.71. The van der Waals surface area contributed by atoms with E-state index >= 15 is 0 Å². The van der Waals surface area contributed by atoms with Crippen LogP contribution in [0.15, 0.2) is 23.3 Å². The van der Waals surface area contributed by atoms with Gasteiger partial charge in [0.05, 0.1) is 6.61 Å². The summed E-state index contributed by atoms with van der Waals surface area (Å²) >= 11 is 0. The van der Waals surface area contributed by atoms with E-state index in [0.29, 0.717) is 12.5 Å². The third-order valence-corrected chi connectivity index (χ3v) is 2.28. The Kier molecular flexibility index (Phi) is 3.50. The maximum absolute atomic E-state index is 8.25. The number of hydrogen-bond donors (Lipinski definition) is 1. The summed E-state index contributed by atoms with van der Waals surface area (Å²) in [7, 11) is 0. The molecular formula is C10H16O2. The molecular weight excluding hydrogens is 152 g/mol. The predicted molar refractivity (Wildman–Crippen MR) is 48.8 cm³/mol. The standard InChI is InChI=1S/C10H16O2/c1-8(2)10-5-3-9(4-6-10)7-12-11/h3,5,9,11H,4,6-7H2,1-2H3. The lowest BCUT2D eigenvalue weighted by Gasteiger charge is -2.17. The van der Waals surface area contributed by atoms with Gasteiger partial charge in [0.15, 0.2) is 0 Å². The van der Waals surface area contributed by atoms with Gasteiger partial charge in [0.1, 0.15) is 0 Å². The van der Waals surface area contributed by atoms with E-state index in [-0.39, 0.29) is 0 Å². The molecule has 1 rings (SSSR count). The van der Waals surface area contributed by atoms with Crippen molar-refractivity contribution in [2.24, 2.45) is 5.92 Å². The largest absolute Gasteiger partial charge is 0.252 e. The van der Waals surface area contributed by atoms with Gasteiger partial charge in [-0.15, -0.1) is 0 Å². The molecule has 0 spiro atoms. The minimum atomic E-state index is 0.387. The van der Waals surface area contributed by atoms with Gasteiger partial charge in [-0.05, 0) is 32.3 Å². The SMILES string of the molecule is CC(C)=C1C=CC(COO)CC1. The summed E-state index contributed by atoms with van der Waals surface area (Å²) in [6.45, 7) is 4.68. The highest BCUT2D eigenvalue weighted by Crippen LogP contribution is 2.23. The average molecular weight is 168 g/mol. The molecule has 1 aliphatic rings. The highest BCUT2D eigenvalue weighted by atomic mass is 17.1. The van der Waals surface area contributed by atoms with E-state index in [0.717, 1.165) is 12.8 Å². The molecule has 0 saturated carbocycles.